The van der Waals surface area contributed by atoms with Gasteiger partial charge < -0.3 is 19.4 Å². The van der Waals surface area contributed by atoms with E-state index in [-0.39, 0.29) is 14.7 Å². The zero-order valence-corrected chi connectivity index (χ0v) is 22.3. The fourth-order valence-electron chi connectivity index (χ4n) is 3.52. The fraction of sp³-hybridized carbons (Fsp3) is 0.286. The Labute approximate surface area is 224 Å². The first-order chi connectivity index (χ1) is 18.0. The van der Waals surface area contributed by atoms with Crippen molar-refractivity contribution in [3.05, 3.63) is 71.5 Å². The SMILES string of the molecule is Cc1ncc(-c2ccc(C(=O)N(C)C)cc2)nc1-c1nnc(-c2ccc(CNC(=O)OC(C)(C)C)cc2)o1.[HH].[HH]. The molecule has 0 unspecified atom stereocenters. The van der Waals surface area contributed by atoms with E-state index in [0.717, 1.165) is 16.7 Å². The molecule has 0 aliphatic rings. The lowest BCUT2D eigenvalue weighted by atomic mass is 10.1. The Hall–Kier alpha value is -4.60. The molecule has 4 rings (SSSR count). The lowest BCUT2D eigenvalue weighted by molar-refractivity contribution is 0.0523. The number of rotatable bonds is 6. The predicted octanol–water partition coefficient (Wildman–Crippen LogP) is 5.39. The van der Waals surface area contributed by atoms with Crippen LogP contribution in [0.5, 0.6) is 0 Å². The Morgan fingerprint density at radius 2 is 1.61 bits per heavy atom. The van der Waals surface area contributed by atoms with E-state index in [4.69, 9.17) is 14.1 Å². The number of amides is 2. The van der Waals surface area contributed by atoms with Crippen LogP contribution in [-0.4, -0.2) is 56.8 Å². The Morgan fingerprint density at radius 3 is 2.24 bits per heavy atom. The van der Waals surface area contributed by atoms with Crippen LogP contribution < -0.4 is 5.32 Å². The van der Waals surface area contributed by atoms with Gasteiger partial charge in [-0.15, -0.1) is 10.2 Å². The van der Waals surface area contributed by atoms with Crippen LogP contribution >= 0.6 is 0 Å². The number of carbonyl (C=O) groups is 2. The van der Waals surface area contributed by atoms with E-state index < -0.39 is 11.7 Å². The first-order valence-corrected chi connectivity index (χ1v) is 12.1. The molecule has 1 N–H and O–H groups in total. The Bertz CT molecular complexity index is 1450. The molecular formula is C28H34N6O4. The lowest BCUT2D eigenvalue weighted by Crippen LogP contribution is -2.32. The number of hydrogen-bond donors (Lipinski definition) is 1. The first-order valence-electron chi connectivity index (χ1n) is 12.1. The van der Waals surface area contributed by atoms with Crippen LogP contribution in [0.2, 0.25) is 0 Å². The van der Waals surface area contributed by atoms with Crippen LogP contribution in [0.25, 0.3) is 34.3 Å². The second-order valence-electron chi connectivity index (χ2n) is 9.93. The molecule has 2 heterocycles. The van der Waals surface area contributed by atoms with Gasteiger partial charge in [0.25, 0.3) is 11.8 Å². The summed E-state index contributed by atoms with van der Waals surface area (Å²) in [7, 11) is 3.43. The summed E-state index contributed by atoms with van der Waals surface area (Å²) >= 11 is 0. The number of ether oxygens (including phenoxy) is 1. The van der Waals surface area contributed by atoms with Gasteiger partial charge in [-0.1, -0.05) is 24.3 Å². The second-order valence-corrected chi connectivity index (χ2v) is 9.93. The van der Waals surface area contributed by atoms with Gasteiger partial charge in [0.2, 0.25) is 5.89 Å². The maximum absolute atomic E-state index is 12.2. The Kier molecular flexibility index (Phi) is 7.52. The number of aryl methyl sites for hydroxylation is 1. The van der Waals surface area contributed by atoms with Gasteiger partial charge >= 0.3 is 6.09 Å². The number of alkyl carbamates (subject to hydrolysis) is 1. The topological polar surface area (TPSA) is 123 Å². The van der Waals surface area contributed by atoms with Crippen molar-refractivity contribution in [3.63, 3.8) is 0 Å². The molecule has 200 valence electrons. The average Bonchev–Trinajstić information content (AvgIpc) is 3.37. The minimum absolute atomic E-state index is 0. The molecule has 0 aliphatic heterocycles. The number of benzene rings is 2. The molecule has 2 amide bonds. The highest BCUT2D eigenvalue weighted by molar-refractivity contribution is 5.94. The molecule has 10 nitrogen and oxygen atoms in total. The van der Waals surface area contributed by atoms with E-state index in [2.05, 4.69) is 20.5 Å². The van der Waals surface area contributed by atoms with Crippen molar-refractivity contribution in [2.24, 2.45) is 0 Å². The summed E-state index contributed by atoms with van der Waals surface area (Å²) in [4.78, 5) is 34.7. The molecule has 0 radical (unpaired) electrons. The third-order valence-electron chi connectivity index (χ3n) is 5.45. The standard InChI is InChI=1S/C28H30N6O4.2H2/c1-17-23(31-22(16-29-17)19-11-13-21(14-12-19)26(35)34(5)6)25-33-32-24(37-25)20-9-7-18(8-10-20)15-30-27(36)38-28(2,3)4;;/h7-14,16H,15H2,1-6H3,(H,30,36);2*1H. The molecule has 2 aromatic carbocycles. The predicted molar refractivity (Wildman–Crippen MR) is 146 cm³/mol. The molecule has 0 fully saturated rings. The number of aromatic nitrogens is 4. The second kappa shape index (κ2) is 10.8. The molecular weight excluding hydrogens is 484 g/mol. The van der Waals surface area contributed by atoms with E-state index >= 15 is 0 Å². The van der Waals surface area contributed by atoms with Crippen LogP contribution in [-0.2, 0) is 11.3 Å². The van der Waals surface area contributed by atoms with E-state index in [9.17, 15) is 9.59 Å². The van der Waals surface area contributed by atoms with Crippen LogP contribution in [0.1, 0.15) is 45.2 Å². The quantitative estimate of drug-likeness (QED) is 0.360. The van der Waals surface area contributed by atoms with Crippen molar-refractivity contribution in [2.75, 3.05) is 14.1 Å². The number of carbonyl (C=O) groups excluding carboxylic acids is 2. The normalized spacial score (nSPS) is 11.2. The molecule has 0 aliphatic carbocycles. The summed E-state index contributed by atoms with van der Waals surface area (Å²) in [6.07, 6.45) is 1.20. The third-order valence-corrected chi connectivity index (χ3v) is 5.45. The van der Waals surface area contributed by atoms with Gasteiger partial charge in [-0.05, 0) is 57.5 Å². The molecule has 0 saturated heterocycles. The zero-order valence-electron chi connectivity index (χ0n) is 22.3. The van der Waals surface area contributed by atoms with Gasteiger partial charge in [-0.2, -0.15) is 0 Å². The summed E-state index contributed by atoms with van der Waals surface area (Å²) in [5.74, 6) is 0.518. The van der Waals surface area contributed by atoms with Gasteiger partial charge in [0.05, 0.1) is 17.6 Å². The highest BCUT2D eigenvalue weighted by Gasteiger charge is 2.18. The third kappa shape index (κ3) is 6.39. The number of nitrogens with zero attached hydrogens (tertiary/aromatic N) is 5. The summed E-state index contributed by atoms with van der Waals surface area (Å²) in [5, 5.41) is 11.1. The maximum atomic E-state index is 12.2. The molecule has 10 heteroatoms. The Balaban J connectivity index is 0.00000280. The van der Waals surface area contributed by atoms with E-state index in [0.29, 0.717) is 35.1 Å². The Morgan fingerprint density at radius 1 is 0.974 bits per heavy atom. The largest absolute Gasteiger partial charge is 0.444 e. The van der Waals surface area contributed by atoms with E-state index in [1.165, 1.54) is 4.90 Å². The van der Waals surface area contributed by atoms with Crippen molar-refractivity contribution < 1.29 is 21.6 Å². The summed E-state index contributed by atoms with van der Waals surface area (Å²) < 4.78 is 11.2. The van der Waals surface area contributed by atoms with Gasteiger partial charge in [-0.25, -0.2) is 9.78 Å². The smallest absolute Gasteiger partial charge is 0.407 e. The van der Waals surface area contributed by atoms with Crippen molar-refractivity contribution in [3.8, 4) is 34.3 Å². The molecule has 2 aromatic heterocycles. The molecule has 0 atom stereocenters. The highest BCUT2D eigenvalue weighted by Crippen LogP contribution is 2.27. The van der Waals surface area contributed by atoms with Gasteiger partial charge in [0, 0.05) is 40.2 Å². The molecule has 0 bridgehead atoms. The minimum Gasteiger partial charge on any atom is -0.444 e. The molecule has 0 spiro atoms. The number of nitrogens with one attached hydrogen (secondary N) is 1. The maximum Gasteiger partial charge on any atom is 0.407 e. The summed E-state index contributed by atoms with van der Waals surface area (Å²) in [6.45, 7) is 7.60. The van der Waals surface area contributed by atoms with Crippen molar-refractivity contribution >= 4 is 12.0 Å². The molecule has 0 saturated carbocycles. The lowest BCUT2D eigenvalue weighted by Gasteiger charge is -2.19. The van der Waals surface area contributed by atoms with Gasteiger partial charge in [-0.3, -0.25) is 9.78 Å². The zero-order chi connectivity index (χ0) is 27.4. The van der Waals surface area contributed by atoms with Crippen molar-refractivity contribution in [2.45, 2.75) is 39.8 Å². The van der Waals surface area contributed by atoms with Crippen LogP contribution in [0.3, 0.4) is 0 Å². The van der Waals surface area contributed by atoms with Crippen LogP contribution in [0.15, 0.2) is 59.1 Å². The van der Waals surface area contributed by atoms with Crippen molar-refractivity contribution in [1.29, 1.82) is 0 Å². The van der Waals surface area contributed by atoms with Gasteiger partial charge in [0.15, 0.2) is 0 Å². The first kappa shape index (κ1) is 26.5. The fourth-order valence-corrected chi connectivity index (χ4v) is 3.52. The number of hydrogen-bond acceptors (Lipinski definition) is 8. The van der Waals surface area contributed by atoms with Gasteiger partial charge in [0.1, 0.15) is 11.3 Å². The van der Waals surface area contributed by atoms with E-state index in [1.807, 2.05) is 64.1 Å². The van der Waals surface area contributed by atoms with E-state index in [1.54, 1.807) is 32.4 Å². The van der Waals surface area contributed by atoms with Crippen LogP contribution in [0.4, 0.5) is 4.79 Å². The molecule has 38 heavy (non-hydrogen) atoms. The monoisotopic (exact) mass is 518 g/mol. The molecule has 4 aromatic rings. The summed E-state index contributed by atoms with van der Waals surface area (Å²) in [5.41, 5.74) is 4.22. The van der Waals surface area contributed by atoms with Crippen molar-refractivity contribution in [1.82, 2.24) is 30.4 Å². The minimum atomic E-state index is -0.553. The highest BCUT2D eigenvalue weighted by atomic mass is 16.6. The average molecular weight is 519 g/mol. The van der Waals surface area contributed by atoms with Crippen LogP contribution in [0, 0.1) is 6.92 Å². The summed E-state index contributed by atoms with van der Waals surface area (Å²) in [6, 6.07) is 14.6.